The summed E-state index contributed by atoms with van der Waals surface area (Å²) in [5.74, 6) is 2.52. The van der Waals surface area contributed by atoms with Crippen LogP contribution in [-0.4, -0.2) is 37.1 Å². The second-order valence-electron chi connectivity index (χ2n) is 7.78. The lowest BCUT2D eigenvalue weighted by Gasteiger charge is -2.42. The number of nitrogens with zero attached hydrogens (tertiary/aromatic N) is 1. The van der Waals surface area contributed by atoms with Crippen molar-refractivity contribution in [2.24, 2.45) is 17.8 Å². The highest BCUT2D eigenvalue weighted by atomic mass is 15.2. The van der Waals surface area contributed by atoms with Gasteiger partial charge in [-0.25, -0.2) is 0 Å². The fourth-order valence-corrected chi connectivity index (χ4v) is 3.38. The Kier molecular flexibility index (Phi) is 8.13. The van der Waals surface area contributed by atoms with E-state index in [1.165, 1.54) is 45.2 Å². The Hall–Kier alpha value is -0.0800. The van der Waals surface area contributed by atoms with Gasteiger partial charge in [0.1, 0.15) is 0 Å². The summed E-state index contributed by atoms with van der Waals surface area (Å²) < 4.78 is 0. The Morgan fingerprint density at radius 3 is 2.00 bits per heavy atom. The molecule has 1 fully saturated rings. The van der Waals surface area contributed by atoms with Crippen molar-refractivity contribution in [3.8, 4) is 0 Å². The van der Waals surface area contributed by atoms with Gasteiger partial charge in [-0.15, -0.1) is 0 Å². The van der Waals surface area contributed by atoms with Crippen LogP contribution in [-0.2, 0) is 0 Å². The molecule has 3 atom stereocenters. The Labute approximate surface area is 127 Å². The van der Waals surface area contributed by atoms with Gasteiger partial charge in [0.05, 0.1) is 0 Å². The lowest BCUT2D eigenvalue weighted by molar-refractivity contribution is 0.0946. The minimum Gasteiger partial charge on any atom is -0.315 e. The van der Waals surface area contributed by atoms with Crippen LogP contribution in [0, 0.1) is 17.8 Å². The molecule has 1 N–H and O–H groups in total. The molecular weight excluding hydrogens is 244 g/mol. The number of hydrogen-bond donors (Lipinski definition) is 1. The van der Waals surface area contributed by atoms with E-state index in [2.05, 4.69) is 51.9 Å². The molecule has 0 amide bonds. The lowest BCUT2D eigenvalue weighted by atomic mass is 9.82. The molecule has 1 rings (SSSR count). The molecule has 120 valence electrons. The van der Waals surface area contributed by atoms with E-state index in [0.29, 0.717) is 6.04 Å². The quantitative estimate of drug-likeness (QED) is 0.719. The number of hydrogen-bond acceptors (Lipinski definition) is 2. The molecular formula is C18H38N2. The molecule has 2 nitrogen and oxygen atoms in total. The van der Waals surface area contributed by atoms with Crippen LogP contribution in [0.2, 0.25) is 0 Å². The van der Waals surface area contributed by atoms with Crippen LogP contribution in [0.15, 0.2) is 0 Å². The average Bonchev–Trinajstić information content (AvgIpc) is 2.38. The first-order valence-electron chi connectivity index (χ1n) is 8.85. The topological polar surface area (TPSA) is 15.3 Å². The molecule has 0 spiro atoms. The van der Waals surface area contributed by atoms with Crippen molar-refractivity contribution in [2.45, 2.75) is 78.8 Å². The summed E-state index contributed by atoms with van der Waals surface area (Å²) in [7, 11) is 2.15. The van der Waals surface area contributed by atoms with Gasteiger partial charge in [-0.1, -0.05) is 34.6 Å². The van der Waals surface area contributed by atoms with Crippen LogP contribution >= 0.6 is 0 Å². The Morgan fingerprint density at radius 2 is 1.55 bits per heavy atom. The van der Waals surface area contributed by atoms with Gasteiger partial charge < -0.3 is 5.32 Å². The van der Waals surface area contributed by atoms with Crippen LogP contribution in [0.1, 0.15) is 66.7 Å². The monoisotopic (exact) mass is 282 g/mol. The third-order valence-corrected chi connectivity index (χ3v) is 4.91. The van der Waals surface area contributed by atoms with Gasteiger partial charge in [0.2, 0.25) is 0 Å². The van der Waals surface area contributed by atoms with Crippen molar-refractivity contribution >= 4 is 0 Å². The lowest BCUT2D eigenvalue weighted by Crippen LogP contribution is -2.53. The molecule has 0 aromatic rings. The van der Waals surface area contributed by atoms with Crippen LogP contribution in [0.25, 0.3) is 0 Å². The highest BCUT2D eigenvalue weighted by molar-refractivity contribution is 4.89. The SMILES string of the molecule is CNC1CCC(C)CC1N(CCC(C)C)CCC(C)C. The van der Waals surface area contributed by atoms with Crippen molar-refractivity contribution in [1.29, 1.82) is 0 Å². The zero-order chi connectivity index (χ0) is 15.1. The molecule has 0 aromatic heterocycles. The normalized spacial score (nSPS) is 27.8. The van der Waals surface area contributed by atoms with Gasteiger partial charge in [0.25, 0.3) is 0 Å². The Morgan fingerprint density at radius 1 is 1.00 bits per heavy atom. The fraction of sp³-hybridized carbons (Fsp3) is 1.00. The first kappa shape index (κ1) is 18.0. The maximum absolute atomic E-state index is 3.59. The smallest absolute Gasteiger partial charge is 0.0251 e. The standard InChI is InChI=1S/C18H38N2/c1-14(2)9-11-20(12-10-15(3)4)18-13-16(5)7-8-17(18)19-6/h14-19H,7-13H2,1-6H3. The second-order valence-corrected chi connectivity index (χ2v) is 7.78. The highest BCUT2D eigenvalue weighted by Crippen LogP contribution is 2.28. The first-order chi connectivity index (χ1) is 9.43. The second kappa shape index (κ2) is 9.04. The fourth-order valence-electron chi connectivity index (χ4n) is 3.38. The summed E-state index contributed by atoms with van der Waals surface area (Å²) in [5.41, 5.74) is 0. The van der Waals surface area contributed by atoms with Crippen molar-refractivity contribution in [1.82, 2.24) is 10.2 Å². The maximum Gasteiger partial charge on any atom is 0.0251 e. The summed E-state index contributed by atoms with van der Waals surface area (Å²) in [4.78, 5) is 2.80. The van der Waals surface area contributed by atoms with Gasteiger partial charge in [0.15, 0.2) is 0 Å². The van der Waals surface area contributed by atoms with E-state index >= 15 is 0 Å². The van der Waals surface area contributed by atoms with Crippen molar-refractivity contribution in [3.05, 3.63) is 0 Å². The van der Waals surface area contributed by atoms with Gasteiger partial charge >= 0.3 is 0 Å². The molecule has 3 unspecified atom stereocenters. The molecule has 2 heteroatoms. The first-order valence-corrected chi connectivity index (χ1v) is 8.85. The van der Waals surface area contributed by atoms with E-state index in [9.17, 15) is 0 Å². The number of rotatable bonds is 8. The summed E-state index contributed by atoms with van der Waals surface area (Å²) in [6, 6.07) is 1.45. The Bertz CT molecular complexity index is 238. The highest BCUT2D eigenvalue weighted by Gasteiger charge is 2.31. The molecule has 0 radical (unpaired) electrons. The minimum atomic E-state index is 0.700. The molecule has 0 heterocycles. The average molecular weight is 283 g/mol. The molecule has 1 saturated carbocycles. The van der Waals surface area contributed by atoms with Gasteiger partial charge in [-0.3, -0.25) is 4.90 Å². The molecule has 0 aliphatic heterocycles. The van der Waals surface area contributed by atoms with Gasteiger partial charge in [-0.05, 0) is 70.0 Å². The van der Waals surface area contributed by atoms with Gasteiger partial charge in [-0.2, -0.15) is 0 Å². The van der Waals surface area contributed by atoms with Crippen LogP contribution in [0.4, 0.5) is 0 Å². The van der Waals surface area contributed by atoms with Gasteiger partial charge in [0, 0.05) is 12.1 Å². The van der Waals surface area contributed by atoms with Crippen LogP contribution in [0.5, 0.6) is 0 Å². The third kappa shape index (κ3) is 6.13. The summed E-state index contributed by atoms with van der Waals surface area (Å²) in [6.07, 6.45) is 6.78. The molecule has 0 bridgehead atoms. The molecule has 1 aliphatic carbocycles. The molecule has 0 aromatic carbocycles. The number of nitrogens with one attached hydrogen (secondary N) is 1. The predicted molar refractivity (Wildman–Crippen MR) is 90.1 cm³/mol. The summed E-state index contributed by atoms with van der Waals surface area (Å²) >= 11 is 0. The van der Waals surface area contributed by atoms with Crippen molar-refractivity contribution in [2.75, 3.05) is 20.1 Å². The van der Waals surface area contributed by atoms with Crippen LogP contribution in [0.3, 0.4) is 0 Å². The zero-order valence-corrected chi connectivity index (χ0v) is 14.8. The molecule has 20 heavy (non-hydrogen) atoms. The predicted octanol–water partition coefficient (Wildman–Crippen LogP) is 4.16. The van der Waals surface area contributed by atoms with E-state index in [4.69, 9.17) is 0 Å². The summed E-state index contributed by atoms with van der Waals surface area (Å²) in [6.45, 7) is 14.4. The summed E-state index contributed by atoms with van der Waals surface area (Å²) in [5, 5.41) is 3.59. The third-order valence-electron chi connectivity index (χ3n) is 4.91. The van der Waals surface area contributed by atoms with Crippen molar-refractivity contribution < 1.29 is 0 Å². The van der Waals surface area contributed by atoms with Crippen molar-refractivity contribution in [3.63, 3.8) is 0 Å². The minimum absolute atomic E-state index is 0.700. The van der Waals surface area contributed by atoms with Crippen LogP contribution < -0.4 is 5.32 Å². The Balaban J connectivity index is 2.65. The largest absolute Gasteiger partial charge is 0.315 e. The van der Waals surface area contributed by atoms with E-state index < -0.39 is 0 Å². The number of likely N-dealkylation sites (N-methyl/N-ethyl adjacent to an activating group) is 1. The van der Waals surface area contributed by atoms with E-state index in [1.807, 2.05) is 0 Å². The van der Waals surface area contributed by atoms with E-state index in [0.717, 1.165) is 23.8 Å². The van der Waals surface area contributed by atoms with E-state index in [1.54, 1.807) is 0 Å². The zero-order valence-electron chi connectivity index (χ0n) is 14.8. The van der Waals surface area contributed by atoms with E-state index in [-0.39, 0.29) is 0 Å². The molecule has 0 saturated heterocycles. The molecule has 1 aliphatic rings. The maximum atomic E-state index is 3.59.